The fourth-order valence-corrected chi connectivity index (χ4v) is 19.4. The first-order valence-corrected chi connectivity index (χ1v) is 41.6. The molecule has 120 heavy (non-hydrogen) atoms. The van der Waals surface area contributed by atoms with Gasteiger partial charge in [0.2, 0.25) is 0 Å². The van der Waals surface area contributed by atoms with Crippen LogP contribution in [-0.4, -0.2) is 0 Å². The molecule has 558 valence electrons. The normalized spacial score (nSPS) is 11.5. The number of hydrogen-bond donors (Lipinski definition) is 0. The second kappa shape index (κ2) is 30.5. The number of fused-ring (bicyclic) bond motifs is 12. The van der Waals surface area contributed by atoms with Crippen LogP contribution in [0.5, 0.6) is 0 Å². The molecule has 0 N–H and O–H groups in total. The van der Waals surface area contributed by atoms with Crippen molar-refractivity contribution in [3.63, 3.8) is 0 Å². The minimum absolute atomic E-state index is 1.22. The first-order valence-electron chi connectivity index (χ1n) is 41.6. The van der Waals surface area contributed by atoms with E-state index in [1.807, 2.05) is 0 Å². The minimum atomic E-state index is 1.22. The van der Waals surface area contributed by atoms with E-state index in [0.717, 1.165) is 0 Å². The standard InChI is InChI=1S/C46H30.C40H26.C34H22/c1-2-16-33(17-3-1)45-41-22-8-10-24-43(41)46(44-25-11-9-23-42(44)45)36-29-34(39-26-12-18-31-14-4-6-20-37(31)39)28-35(30-36)40-27-13-19-32-15-5-7-21-38(32)40;1-2-12-31-26-32(25-20-27(31)10-1)40-37-17-7-5-15-35(37)39(36-16-6-8-18-38(36)40)30-23-21-29(22-24-30)34-19-9-13-28-11-3-4-14-33(28)34;1-3-15-25-23(11-1)13-9-21-27(25)33-29-17-5-7-19-31(29)34(32-20-8-6-18-30(32)33)28-22-10-14-24-12-2-4-16-26(24)28/h1-30H;1-26H;1-22H. The van der Waals surface area contributed by atoms with E-state index in [4.69, 9.17) is 0 Å². The van der Waals surface area contributed by atoms with Crippen molar-refractivity contribution in [2.45, 2.75) is 0 Å². The third-order valence-electron chi connectivity index (χ3n) is 24.7. The summed E-state index contributed by atoms with van der Waals surface area (Å²) in [6, 6.07) is 173. The van der Waals surface area contributed by atoms with Crippen molar-refractivity contribution in [3.8, 4) is 100 Å². The molecule has 0 aromatic heterocycles. The van der Waals surface area contributed by atoms with Crippen molar-refractivity contribution in [3.05, 3.63) is 473 Å². The molecule has 0 fully saturated rings. The third-order valence-corrected chi connectivity index (χ3v) is 24.7. The zero-order valence-corrected chi connectivity index (χ0v) is 66.0. The van der Waals surface area contributed by atoms with Crippen LogP contribution in [0.4, 0.5) is 0 Å². The van der Waals surface area contributed by atoms with E-state index in [2.05, 4.69) is 473 Å². The average Bonchev–Trinajstić information content (AvgIpc) is 0.728. The van der Waals surface area contributed by atoms with E-state index in [1.54, 1.807) is 0 Å². The molecule has 0 heteroatoms. The number of rotatable bonds is 9. The molecule has 0 atom stereocenters. The van der Waals surface area contributed by atoms with E-state index < -0.39 is 0 Å². The molecule has 0 nitrogen and oxygen atoms in total. The van der Waals surface area contributed by atoms with Crippen LogP contribution in [0.1, 0.15) is 0 Å². The SMILES string of the molecule is c1ccc(-c2c3ccccc3c(-c3cc(-c4cccc5ccccc45)cc(-c4cccc5ccccc45)c3)c3ccccc23)cc1.c1ccc2c(-c3c4ccccc4c(-c4cccc5ccccc45)c4ccccc34)cccc2c1.c1ccc2cc(-c3c4ccccc4c(-c4ccc(-c5cccc6ccccc56)cc4)c4ccccc34)ccc2c1. The van der Waals surface area contributed by atoms with Gasteiger partial charge in [-0.3, -0.25) is 0 Å². The maximum absolute atomic E-state index is 2.41. The maximum Gasteiger partial charge on any atom is -0.00201 e. The van der Waals surface area contributed by atoms with Crippen molar-refractivity contribution in [1.82, 2.24) is 0 Å². The Morgan fingerprint density at radius 3 is 0.633 bits per heavy atom. The number of hydrogen-bond acceptors (Lipinski definition) is 0. The van der Waals surface area contributed by atoms with Gasteiger partial charge in [-0.1, -0.05) is 449 Å². The first kappa shape index (κ1) is 71.0. The van der Waals surface area contributed by atoms with Crippen molar-refractivity contribution < 1.29 is 0 Å². The summed E-state index contributed by atoms with van der Waals surface area (Å²) in [5.41, 5.74) is 22.7. The molecule has 24 aromatic carbocycles. The Balaban J connectivity index is 0.000000109. The summed E-state index contributed by atoms with van der Waals surface area (Å²) in [5.74, 6) is 0. The van der Waals surface area contributed by atoms with Gasteiger partial charge in [-0.25, -0.2) is 0 Å². The monoisotopic (exact) mass is 1520 g/mol. The summed E-state index contributed by atoms with van der Waals surface area (Å²) < 4.78 is 0. The Bertz CT molecular complexity index is 7710. The smallest absolute Gasteiger partial charge is 0.00201 e. The lowest BCUT2D eigenvalue weighted by molar-refractivity contribution is 1.61. The van der Waals surface area contributed by atoms with Gasteiger partial charge in [-0.2, -0.15) is 0 Å². The van der Waals surface area contributed by atoms with E-state index in [-0.39, 0.29) is 0 Å². The molecule has 24 aromatic rings. The Hall–Kier alpha value is -15.6. The molecule has 0 saturated heterocycles. The summed E-state index contributed by atoms with van der Waals surface area (Å²) in [6.45, 7) is 0. The van der Waals surface area contributed by atoms with Crippen molar-refractivity contribution >= 4 is 129 Å². The molecule has 0 aliphatic heterocycles. The summed E-state index contributed by atoms with van der Waals surface area (Å²) >= 11 is 0. The molecule has 0 radical (unpaired) electrons. The van der Waals surface area contributed by atoms with Gasteiger partial charge in [-0.15, -0.1) is 0 Å². The zero-order valence-electron chi connectivity index (χ0n) is 66.0. The molecule has 24 rings (SSSR count). The largest absolute Gasteiger partial charge is 0.0622 e. The van der Waals surface area contributed by atoms with Gasteiger partial charge in [0.15, 0.2) is 0 Å². The Labute approximate surface area is 697 Å². The lowest BCUT2D eigenvalue weighted by Gasteiger charge is -2.19. The highest BCUT2D eigenvalue weighted by molar-refractivity contribution is 6.27. The second-order valence-electron chi connectivity index (χ2n) is 31.5. The zero-order chi connectivity index (χ0) is 79.4. The van der Waals surface area contributed by atoms with Gasteiger partial charge in [0.05, 0.1) is 0 Å². The molecule has 0 heterocycles. The third kappa shape index (κ3) is 12.6. The lowest BCUT2D eigenvalue weighted by Crippen LogP contribution is -1.92. The van der Waals surface area contributed by atoms with Gasteiger partial charge in [-0.05, 0) is 254 Å². The maximum atomic E-state index is 2.41. The van der Waals surface area contributed by atoms with Crippen molar-refractivity contribution in [1.29, 1.82) is 0 Å². The first-order chi connectivity index (χ1) is 59.6. The van der Waals surface area contributed by atoms with Crippen LogP contribution in [-0.2, 0) is 0 Å². The van der Waals surface area contributed by atoms with Crippen molar-refractivity contribution in [2.75, 3.05) is 0 Å². The second-order valence-corrected chi connectivity index (χ2v) is 31.5. The summed E-state index contributed by atoms with van der Waals surface area (Å²) in [5, 5.41) is 30.6. The Morgan fingerprint density at radius 2 is 0.292 bits per heavy atom. The van der Waals surface area contributed by atoms with Crippen LogP contribution < -0.4 is 0 Å². The molecule has 0 aliphatic carbocycles. The Morgan fingerprint density at radius 1 is 0.0833 bits per heavy atom. The predicted molar refractivity (Wildman–Crippen MR) is 518 cm³/mol. The van der Waals surface area contributed by atoms with Crippen LogP contribution in [0.2, 0.25) is 0 Å². The van der Waals surface area contributed by atoms with Crippen molar-refractivity contribution in [2.24, 2.45) is 0 Å². The number of benzene rings is 24. The highest BCUT2D eigenvalue weighted by Gasteiger charge is 2.23. The summed E-state index contributed by atoms with van der Waals surface area (Å²) in [7, 11) is 0. The van der Waals surface area contributed by atoms with Crippen LogP contribution in [0.25, 0.3) is 229 Å². The summed E-state index contributed by atoms with van der Waals surface area (Å²) in [4.78, 5) is 0. The topological polar surface area (TPSA) is 0 Å². The molecule has 0 aliphatic rings. The van der Waals surface area contributed by atoms with E-state index in [1.165, 1.54) is 229 Å². The van der Waals surface area contributed by atoms with E-state index >= 15 is 0 Å². The van der Waals surface area contributed by atoms with Gasteiger partial charge >= 0.3 is 0 Å². The molecular formula is C120H78. The molecule has 0 saturated carbocycles. The summed E-state index contributed by atoms with van der Waals surface area (Å²) in [6.07, 6.45) is 0. The minimum Gasteiger partial charge on any atom is -0.0622 e. The van der Waals surface area contributed by atoms with Gasteiger partial charge in [0.1, 0.15) is 0 Å². The van der Waals surface area contributed by atoms with Crippen LogP contribution in [0.15, 0.2) is 473 Å². The lowest BCUT2D eigenvalue weighted by atomic mass is 9.84. The van der Waals surface area contributed by atoms with Gasteiger partial charge < -0.3 is 0 Å². The van der Waals surface area contributed by atoms with Gasteiger partial charge in [0, 0.05) is 0 Å². The highest BCUT2D eigenvalue weighted by Crippen LogP contribution is 2.51. The Kier molecular flexibility index (Phi) is 18.1. The van der Waals surface area contributed by atoms with Crippen LogP contribution >= 0.6 is 0 Å². The fraction of sp³-hybridized carbons (Fsp3) is 0. The van der Waals surface area contributed by atoms with Crippen LogP contribution in [0.3, 0.4) is 0 Å². The molecule has 0 amide bonds. The molecule has 0 unspecified atom stereocenters. The van der Waals surface area contributed by atoms with E-state index in [9.17, 15) is 0 Å². The molecular weight excluding hydrogens is 1440 g/mol. The predicted octanol–water partition coefficient (Wildman–Crippen LogP) is 33.9. The molecule has 0 bridgehead atoms. The average molecular weight is 1520 g/mol. The molecule has 0 spiro atoms. The fourth-order valence-electron chi connectivity index (χ4n) is 19.4. The quantitative estimate of drug-likeness (QED) is 0.126. The van der Waals surface area contributed by atoms with E-state index in [0.29, 0.717) is 0 Å². The highest BCUT2D eigenvalue weighted by atomic mass is 14.3. The van der Waals surface area contributed by atoms with Crippen LogP contribution in [0, 0.1) is 0 Å². The van der Waals surface area contributed by atoms with Gasteiger partial charge in [0.25, 0.3) is 0 Å².